The standard InChI is InChI=1S/C67H41N3O/c1-4-19-42(20-5-1)45-25-16-27-47(39-45)57-41-58(69-67(68-57)48-28-17-26-46(40-48)43-21-6-2-7-22-43)62-51-31-12-10-29-49(51)61(50-30-11-13-32-52(50)62)54-34-18-35-55-63-56(65(70-66(54)55)44-23-8-3-9-24-44)37-38-60-64(63)53-33-14-15-36-59(53)71-60/h1-41H. The molecule has 0 atom stereocenters. The summed E-state index contributed by atoms with van der Waals surface area (Å²) in [5.74, 6) is 0.661. The summed E-state index contributed by atoms with van der Waals surface area (Å²) in [6.45, 7) is 0. The zero-order chi connectivity index (χ0) is 46.8. The van der Waals surface area contributed by atoms with E-state index >= 15 is 0 Å². The molecule has 0 radical (unpaired) electrons. The van der Waals surface area contributed by atoms with Gasteiger partial charge in [-0.05, 0) is 85.8 Å². The van der Waals surface area contributed by atoms with Crippen molar-refractivity contribution in [2.45, 2.75) is 0 Å². The van der Waals surface area contributed by atoms with Crippen molar-refractivity contribution in [3.8, 4) is 78.5 Å². The van der Waals surface area contributed by atoms with Crippen LogP contribution in [-0.4, -0.2) is 15.0 Å². The van der Waals surface area contributed by atoms with Gasteiger partial charge in [-0.3, -0.25) is 0 Å². The van der Waals surface area contributed by atoms with Gasteiger partial charge in [0, 0.05) is 54.7 Å². The Labute approximate surface area is 409 Å². The zero-order valence-corrected chi connectivity index (χ0v) is 38.4. The lowest BCUT2D eigenvalue weighted by Gasteiger charge is -2.20. The molecule has 0 unspecified atom stereocenters. The number of benzene rings is 11. The van der Waals surface area contributed by atoms with Gasteiger partial charge in [0.15, 0.2) is 5.82 Å². The van der Waals surface area contributed by atoms with E-state index in [-0.39, 0.29) is 0 Å². The molecule has 0 spiro atoms. The first-order valence-electron chi connectivity index (χ1n) is 24.1. The molecule has 14 rings (SSSR count). The molecule has 0 aliphatic rings. The number of hydrogen-bond donors (Lipinski definition) is 0. The second-order valence-electron chi connectivity index (χ2n) is 18.2. The summed E-state index contributed by atoms with van der Waals surface area (Å²) in [5, 5.41) is 9.91. The minimum absolute atomic E-state index is 0.661. The molecule has 0 aliphatic heterocycles. The number of aromatic nitrogens is 3. The highest BCUT2D eigenvalue weighted by molar-refractivity contribution is 6.31. The molecule has 3 heterocycles. The van der Waals surface area contributed by atoms with Crippen molar-refractivity contribution < 1.29 is 4.42 Å². The SMILES string of the molecule is c1ccc(-c2cccc(-c3cc(-c4c5ccccc5c(-c5cccc6c5nc(-c5ccccc5)c5ccc7oc8ccccc8c7c56)c5ccccc45)nc(-c4cccc(-c5ccccc5)c4)n3)c2)cc1. The van der Waals surface area contributed by atoms with Crippen molar-refractivity contribution in [3.63, 3.8) is 0 Å². The molecule has 0 amide bonds. The van der Waals surface area contributed by atoms with Crippen LogP contribution in [0.3, 0.4) is 0 Å². The number of hydrogen-bond acceptors (Lipinski definition) is 4. The van der Waals surface area contributed by atoms with E-state index in [0.29, 0.717) is 5.82 Å². The monoisotopic (exact) mass is 903 g/mol. The summed E-state index contributed by atoms with van der Waals surface area (Å²) in [7, 11) is 0. The van der Waals surface area contributed by atoms with Gasteiger partial charge in [0.05, 0.1) is 22.6 Å². The normalized spacial score (nSPS) is 11.7. The number of nitrogens with zero attached hydrogens (tertiary/aromatic N) is 3. The third-order valence-corrected chi connectivity index (χ3v) is 14.1. The first-order chi connectivity index (χ1) is 35.2. The van der Waals surface area contributed by atoms with Crippen molar-refractivity contribution in [2.24, 2.45) is 0 Å². The van der Waals surface area contributed by atoms with E-state index in [1.165, 1.54) is 0 Å². The van der Waals surface area contributed by atoms with Gasteiger partial charge < -0.3 is 4.42 Å². The number of para-hydroxylation sites is 2. The molecular formula is C67H41N3O. The van der Waals surface area contributed by atoms with Crippen molar-refractivity contribution in [1.82, 2.24) is 15.0 Å². The molecular weight excluding hydrogens is 863 g/mol. The first-order valence-corrected chi connectivity index (χ1v) is 24.1. The molecule has 4 nitrogen and oxygen atoms in total. The maximum Gasteiger partial charge on any atom is 0.160 e. The Bertz CT molecular complexity index is 4230. The van der Waals surface area contributed by atoms with Crippen molar-refractivity contribution in [3.05, 3.63) is 249 Å². The molecule has 0 fully saturated rings. The summed E-state index contributed by atoms with van der Waals surface area (Å²) in [4.78, 5) is 16.7. The van der Waals surface area contributed by atoms with E-state index in [1.807, 2.05) is 6.07 Å². The Kier molecular flexibility index (Phi) is 9.49. The van der Waals surface area contributed by atoms with Gasteiger partial charge in [0.25, 0.3) is 0 Å². The van der Waals surface area contributed by atoms with Crippen molar-refractivity contribution >= 4 is 65.2 Å². The smallest absolute Gasteiger partial charge is 0.160 e. The average Bonchev–Trinajstić information content (AvgIpc) is 3.84. The van der Waals surface area contributed by atoms with Crippen LogP contribution in [0, 0.1) is 0 Å². The number of rotatable bonds is 7. The van der Waals surface area contributed by atoms with E-state index in [9.17, 15) is 0 Å². The van der Waals surface area contributed by atoms with Gasteiger partial charge in [-0.2, -0.15) is 0 Å². The summed E-state index contributed by atoms with van der Waals surface area (Å²) in [5.41, 5.74) is 16.1. The second kappa shape index (κ2) is 16.6. The molecule has 4 heteroatoms. The maximum atomic E-state index is 6.53. The number of furan rings is 1. The van der Waals surface area contributed by atoms with Crippen molar-refractivity contribution in [2.75, 3.05) is 0 Å². The van der Waals surface area contributed by atoms with E-state index in [2.05, 4.69) is 243 Å². The van der Waals surface area contributed by atoms with Crippen LogP contribution in [0.25, 0.3) is 144 Å². The molecule has 3 aromatic heterocycles. The van der Waals surface area contributed by atoms with Crippen LogP contribution < -0.4 is 0 Å². The molecule has 0 N–H and O–H groups in total. The predicted molar refractivity (Wildman–Crippen MR) is 295 cm³/mol. The summed E-state index contributed by atoms with van der Waals surface area (Å²) in [6, 6.07) is 88.0. The minimum atomic E-state index is 0.661. The van der Waals surface area contributed by atoms with Crippen LogP contribution in [0.4, 0.5) is 0 Å². The third kappa shape index (κ3) is 6.80. The Morgan fingerprint density at radius 3 is 1.42 bits per heavy atom. The van der Waals surface area contributed by atoms with Crippen LogP contribution in [0.5, 0.6) is 0 Å². The van der Waals surface area contributed by atoms with Crippen molar-refractivity contribution in [1.29, 1.82) is 0 Å². The van der Waals surface area contributed by atoms with Gasteiger partial charge in [-0.25, -0.2) is 15.0 Å². The molecule has 71 heavy (non-hydrogen) atoms. The largest absolute Gasteiger partial charge is 0.456 e. The zero-order valence-electron chi connectivity index (χ0n) is 38.4. The molecule has 0 aliphatic carbocycles. The van der Waals surface area contributed by atoms with E-state index in [4.69, 9.17) is 19.4 Å². The van der Waals surface area contributed by atoms with E-state index in [0.717, 1.165) is 138 Å². The lowest BCUT2D eigenvalue weighted by molar-refractivity contribution is 0.669. The molecule has 11 aromatic carbocycles. The highest BCUT2D eigenvalue weighted by atomic mass is 16.3. The Morgan fingerprint density at radius 1 is 0.268 bits per heavy atom. The average molecular weight is 904 g/mol. The maximum absolute atomic E-state index is 6.53. The van der Waals surface area contributed by atoms with Gasteiger partial charge in [-0.1, -0.05) is 212 Å². The molecule has 0 bridgehead atoms. The Morgan fingerprint density at radius 2 is 0.761 bits per heavy atom. The van der Waals surface area contributed by atoms with Gasteiger partial charge in [0.1, 0.15) is 11.2 Å². The lowest BCUT2D eigenvalue weighted by atomic mass is 9.85. The summed E-state index contributed by atoms with van der Waals surface area (Å²) < 4.78 is 6.53. The predicted octanol–water partition coefficient (Wildman–Crippen LogP) is 18.1. The second-order valence-corrected chi connectivity index (χ2v) is 18.2. The minimum Gasteiger partial charge on any atom is -0.456 e. The topological polar surface area (TPSA) is 51.8 Å². The molecule has 0 saturated heterocycles. The highest BCUT2D eigenvalue weighted by Crippen LogP contribution is 2.48. The fraction of sp³-hybridized carbons (Fsp3) is 0. The van der Waals surface area contributed by atoms with Gasteiger partial charge in [0.2, 0.25) is 0 Å². The summed E-state index contributed by atoms with van der Waals surface area (Å²) in [6.07, 6.45) is 0. The quantitative estimate of drug-likeness (QED) is 0.118. The van der Waals surface area contributed by atoms with Crippen LogP contribution >= 0.6 is 0 Å². The Hall–Kier alpha value is -9.51. The number of pyridine rings is 1. The van der Waals surface area contributed by atoms with Crippen LogP contribution in [-0.2, 0) is 0 Å². The summed E-state index contributed by atoms with van der Waals surface area (Å²) >= 11 is 0. The van der Waals surface area contributed by atoms with Gasteiger partial charge in [-0.15, -0.1) is 0 Å². The van der Waals surface area contributed by atoms with Crippen LogP contribution in [0.15, 0.2) is 253 Å². The van der Waals surface area contributed by atoms with Crippen LogP contribution in [0.2, 0.25) is 0 Å². The molecule has 14 aromatic rings. The van der Waals surface area contributed by atoms with E-state index in [1.54, 1.807) is 0 Å². The van der Waals surface area contributed by atoms with Crippen LogP contribution in [0.1, 0.15) is 0 Å². The Balaban J connectivity index is 1.05. The highest BCUT2D eigenvalue weighted by Gasteiger charge is 2.24. The van der Waals surface area contributed by atoms with Gasteiger partial charge >= 0.3 is 0 Å². The molecule has 0 saturated carbocycles. The first kappa shape index (κ1) is 40.5. The van der Waals surface area contributed by atoms with E-state index < -0.39 is 0 Å². The molecule has 330 valence electrons. The third-order valence-electron chi connectivity index (χ3n) is 14.1. The fourth-order valence-corrected chi connectivity index (χ4v) is 10.9. The number of fused-ring (bicyclic) bond motifs is 9. The lowest BCUT2D eigenvalue weighted by Crippen LogP contribution is -1.99. The fourth-order valence-electron chi connectivity index (χ4n) is 10.9.